The predicted octanol–water partition coefficient (Wildman–Crippen LogP) is 1.36. The van der Waals surface area contributed by atoms with Crippen LogP contribution >= 0.6 is 0 Å². The molecule has 1 aromatic carbocycles. The van der Waals surface area contributed by atoms with Crippen molar-refractivity contribution in [2.75, 3.05) is 0 Å². The predicted molar refractivity (Wildman–Crippen MR) is 43.9 cm³/mol. The molecular weight excluding hydrogens is 170 g/mol. The van der Waals surface area contributed by atoms with Crippen LogP contribution < -0.4 is 0 Å². The topological polar surface area (TPSA) is 100 Å². The molecule has 1 aromatic heterocycles. The van der Waals surface area contributed by atoms with Crippen molar-refractivity contribution < 1.29 is 0 Å². The molecule has 0 spiro atoms. The minimum Gasteiger partial charge on any atom is -0.127 e. The molecule has 0 amide bonds. The average molecular weight is 173 g/mol. The highest BCUT2D eigenvalue weighted by molar-refractivity contribution is 5.84. The second-order valence-corrected chi connectivity index (χ2v) is 2.21. The summed E-state index contributed by atoms with van der Waals surface area (Å²) in [6, 6.07) is 5.06. The van der Waals surface area contributed by atoms with Gasteiger partial charge >= 0.3 is 0 Å². The normalized spacial score (nSPS) is 9.54. The van der Waals surface area contributed by atoms with Crippen molar-refractivity contribution in [1.29, 1.82) is 0 Å². The van der Waals surface area contributed by atoms with Crippen LogP contribution in [0.3, 0.4) is 0 Å². The zero-order valence-corrected chi connectivity index (χ0v) is 6.36. The molecule has 2 rings (SSSR count). The number of nitrogens with zero attached hydrogens (tertiary/aromatic N) is 7. The van der Waals surface area contributed by atoms with Crippen LogP contribution in [0.5, 0.6) is 0 Å². The van der Waals surface area contributed by atoms with Crippen molar-refractivity contribution in [3.63, 3.8) is 0 Å². The van der Waals surface area contributed by atoms with Gasteiger partial charge in [0.25, 0.3) is 0 Å². The third kappa shape index (κ3) is 1.23. The van der Waals surface area contributed by atoms with Gasteiger partial charge in [0.2, 0.25) is 0 Å². The number of aromatic nitrogens is 4. The SMILES string of the molecule is [N-]=[N+]=Nc1cccc2nnnnc12. The number of azide groups is 1. The maximum atomic E-state index is 8.25. The van der Waals surface area contributed by atoms with Gasteiger partial charge in [0.15, 0.2) is 0 Å². The van der Waals surface area contributed by atoms with Crippen LogP contribution in [-0.4, -0.2) is 20.6 Å². The zero-order valence-electron chi connectivity index (χ0n) is 6.36. The molecule has 0 fully saturated rings. The quantitative estimate of drug-likeness (QED) is 0.369. The molecule has 0 saturated heterocycles. The smallest absolute Gasteiger partial charge is 0.125 e. The molecule has 62 valence electrons. The summed E-state index contributed by atoms with van der Waals surface area (Å²) >= 11 is 0. The Morgan fingerprint density at radius 2 is 2.08 bits per heavy atom. The fourth-order valence-corrected chi connectivity index (χ4v) is 0.964. The van der Waals surface area contributed by atoms with Gasteiger partial charge in [0, 0.05) is 4.91 Å². The fraction of sp³-hybridized carbons (Fsp3) is 0. The Hall–Kier alpha value is -2.27. The highest BCUT2D eigenvalue weighted by Gasteiger charge is 2.00. The van der Waals surface area contributed by atoms with Crippen molar-refractivity contribution in [2.24, 2.45) is 5.11 Å². The maximum absolute atomic E-state index is 8.25. The first-order chi connectivity index (χ1) is 6.42. The summed E-state index contributed by atoms with van der Waals surface area (Å²) < 4.78 is 0. The molecule has 0 saturated carbocycles. The van der Waals surface area contributed by atoms with Crippen LogP contribution in [0.4, 0.5) is 5.69 Å². The molecule has 0 radical (unpaired) electrons. The van der Waals surface area contributed by atoms with Crippen LogP contribution in [0.2, 0.25) is 0 Å². The molecule has 0 unspecified atom stereocenters. The van der Waals surface area contributed by atoms with Crippen molar-refractivity contribution in [1.82, 2.24) is 20.6 Å². The van der Waals surface area contributed by atoms with E-state index in [9.17, 15) is 0 Å². The first-order valence-electron chi connectivity index (χ1n) is 3.41. The highest BCUT2D eigenvalue weighted by Crippen LogP contribution is 2.20. The monoisotopic (exact) mass is 173 g/mol. The molecule has 0 aliphatic heterocycles. The first kappa shape index (κ1) is 7.38. The lowest BCUT2D eigenvalue weighted by Crippen LogP contribution is -1.91. The van der Waals surface area contributed by atoms with E-state index in [-0.39, 0.29) is 0 Å². The van der Waals surface area contributed by atoms with Gasteiger partial charge in [-0.25, -0.2) is 0 Å². The van der Waals surface area contributed by atoms with Gasteiger partial charge in [-0.2, -0.15) is 0 Å². The Balaban J connectivity index is 2.82. The lowest BCUT2D eigenvalue weighted by molar-refractivity contribution is 0.797. The number of hydrogen-bond acceptors (Lipinski definition) is 5. The molecule has 7 nitrogen and oxygen atoms in total. The number of benzene rings is 1. The number of rotatable bonds is 1. The molecule has 1 heterocycles. The molecular formula is C6H3N7. The van der Waals surface area contributed by atoms with Crippen molar-refractivity contribution in [3.8, 4) is 0 Å². The van der Waals surface area contributed by atoms with Crippen LogP contribution in [0.1, 0.15) is 0 Å². The van der Waals surface area contributed by atoms with Crippen LogP contribution in [-0.2, 0) is 0 Å². The third-order valence-electron chi connectivity index (χ3n) is 1.48. The van der Waals surface area contributed by atoms with E-state index in [1.54, 1.807) is 18.2 Å². The Labute approximate surface area is 72.0 Å². The Morgan fingerprint density at radius 1 is 1.23 bits per heavy atom. The third-order valence-corrected chi connectivity index (χ3v) is 1.48. The highest BCUT2D eigenvalue weighted by atomic mass is 15.4. The second kappa shape index (κ2) is 3.00. The van der Waals surface area contributed by atoms with Crippen molar-refractivity contribution in [3.05, 3.63) is 28.6 Å². The van der Waals surface area contributed by atoms with Gasteiger partial charge in [-0.15, -0.1) is 10.2 Å². The molecule has 0 bridgehead atoms. The molecule has 0 aliphatic rings. The van der Waals surface area contributed by atoms with E-state index in [1.807, 2.05) is 0 Å². The first-order valence-corrected chi connectivity index (χ1v) is 3.41. The van der Waals surface area contributed by atoms with E-state index >= 15 is 0 Å². The Bertz CT molecular complexity index is 482. The van der Waals surface area contributed by atoms with Gasteiger partial charge in [-0.1, -0.05) is 17.2 Å². The Morgan fingerprint density at radius 3 is 2.92 bits per heavy atom. The Kier molecular flexibility index (Phi) is 1.70. The van der Waals surface area contributed by atoms with E-state index in [4.69, 9.17) is 5.53 Å². The fourth-order valence-electron chi connectivity index (χ4n) is 0.964. The van der Waals surface area contributed by atoms with E-state index < -0.39 is 0 Å². The summed E-state index contributed by atoms with van der Waals surface area (Å²) in [6.07, 6.45) is 0. The standard InChI is InChI=1S/C6H3N7/c7-11-8-4-2-1-3-5-6(4)10-13-12-9-5/h1-3H. The van der Waals surface area contributed by atoms with Gasteiger partial charge < -0.3 is 0 Å². The maximum Gasteiger partial charge on any atom is 0.125 e. The minimum atomic E-state index is 0.405. The van der Waals surface area contributed by atoms with E-state index in [0.717, 1.165) is 0 Å². The summed E-state index contributed by atoms with van der Waals surface area (Å²) in [5.74, 6) is 0. The van der Waals surface area contributed by atoms with Gasteiger partial charge in [-0.3, -0.25) is 0 Å². The van der Waals surface area contributed by atoms with Crippen molar-refractivity contribution in [2.45, 2.75) is 0 Å². The molecule has 13 heavy (non-hydrogen) atoms. The second-order valence-electron chi connectivity index (χ2n) is 2.21. The molecule has 2 aromatic rings. The van der Waals surface area contributed by atoms with Gasteiger partial charge in [0.05, 0.1) is 5.69 Å². The van der Waals surface area contributed by atoms with Gasteiger partial charge in [-0.05, 0) is 22.0 Å². The van der Waals surface area contributed by atoms with Gasteiger partial charge in [0.1, 0.15) is 11.0 Å². The molecule has 0 N–H and O–H groups in total. The van der Waals surface area contributed by atoms with E-state index in [1.165, 1.54) is 0 Å². The lowest BCUT2D eigenvalue weighted by atomic mass is 10.3. The van der Waals surface area contributed by atoms with Crippen LogP contribution in [0.25, 0.3) is 21.5 Å². The summed E-state index contributed by atoms with van der Waals surface area (Å²) in [5, 5.41) is 17.6. The van der Waals surface area contributed by atoms with Crippen molar-refractivity contribution >= 4 is 16.7 Å². The average Bonchev–Trinajstić information content (AvgIpc) is 2.19. The van der Waals surface area contributed by atoms with Crippen LogP contribution in [0.15, 0.2) is 23.3 Å². The van der Waals surface area contributed by atoms with E-state index in [2.05, 4.69) is 30.7 Å². The summed E-state index contributed by atoms with van der Waals surface area (Å²) in [5.41, 5.74) is 9.67. The molecule has 0 atom stereocenters. The summed E-state index contributed by atoms with van der Waals surface area (Å²) in [4.78, 5) is 2.67. The number of hydrogen-bond donors (Lipinski definition) is 0. The van der Waals surface area contributed by atoms with Crippen LogP contribution in [0, 0.1) is 0 Å². The molecule has 0 aliphatic carbocycles. The summed E-state index contributed by atoms with van der Waals surface area (Å²) in [7, 11) is 0. The largest absolute Gasteiger partial charge is 0.127 e. The lowest BCUT2D eigenvalue weighted by Gasteiger charge is -1.94. The zero-order chi connectivity index (χ0) is 9.10. The summed E-state index contributed by atoms with van der Waals surface area (Å²) in [6.45, 7) is 0. The van der Waals surface area contributed by atoms with E-state index in [0.29, 0.717) is 16.7 Å². The molecule has 7 heteroatoms. The minimum absolute atomic E-state index is 0.405. The number of fused-ring (bicyclic) bond motifs is 1.